The SMILES string of the molecule is CC1CCC[C@@H]1CP(C[C@@H]1CCCC1C)c1ccccc1. The molecule has 1 heteroatoms. The molecule has 2 saturated carbocycles. The Hall–Kier alpha value is -0.350. The summed E-state index contributed by atoms with van der Waals surface area (Å²) in [6.07, 6.45) is 11.9. The van der Waals surface area contributed by atoms with Crippen molar-refractivity contribution in [1.29, 1.82) is 0 Å². The number of benzene rings is 1. The van der Waals surface area contributed by atoms with Crippen LogP contribution < -0.4 is 5.30 Å². The molecule has 0 nitrogen and oxygen atoms in total. The van der Waals surface area contributed by atoms with E-state index >= 15 is 0 Å². The Morgan fingerprint density at radius 2 is 1.33 bits per heavy atom. The van der Waals surface area contributed by atoms with Crippen LogP contribution in [0.5, 0.6) is 0 Å². The molecule has 3 unspecified atom stereocenters. The highest BCUT2D eigenvalue weighted by molar-refractivity contribution is 7.65. The fraction of sp³-hybridized carbons (Fsp3) is 0.700. The summed E-state index contributed by atoms with van der Waals surface area (Å²) in [5, 5.41) is 1.67. The molecule has 0 amide bonds. The zero-order valence-electron chi connectivity index (χ0n) is 13.8. The Morgan fingerprint density at radius 3 is 1.76 bits per heavy atom. The molecular weight excluding hydrogens is 271 g/mol. The maximum Gasteiger partial charge on any atom is -0.0240 e. The molecule has 5 atom stereocenters. The van der Waals surface area contributed by atoms with Gasteiger partial charge in [-0.05, 0) is 54.1 Å². The number of hydrogen-bond acceptors (Lipinski definition) is 0. The van der Waals surface area contributed by atoms with Gasteiger partial charge in [0.05, 0.1) is 0 Å². The van der Waals surface area contributed by atoms with Crippen molar-refractivity contribution >= 4 is 13.2 Å². The minimum atomic E-state index is 0.0689. The molecule has 0 heterocycles. The van der Waals surface area contributed by atoms with Gasteiger partial charge in [0.25, 0.3) is 0 Å². The lowest BCUT2D eigenvalue weighted by atomic mass is 10.0. The van der Waals surface area contributed by atoms with Gasteiger partial charge in [0.15, 0.2) is 0 Å². The van der Waals surface area contributed by atoms with Crippen molar-refractivity contribution in [2.24, 2.45) is 23.7 Å². The van der Waals surface area contributed by atoms with Gasteiger partial charge in [-0.1, -0.05) is 77.8 Å². The Labute approximate surface area is 132 Å². The minimum Gasteiger partial charge on any atom is -0.0747 e. The first-order valence-electron chi connectivity index (χ1n) is 9.04. The molecule has 2 fully saturated rings. The van der Waals surface area contributed by atoms with Gasteiger partial charge in [-0.15, -0.1) is 0 Å². The fourth-order valence-corrected chi connectivity index (χ4v) is 7.86. The van der Waals surface area contributed by atoms with Crippen LogP contribution in [0.15, 0.2) is 30.3 Å². The van der Waals surface area contributed by atoms with E-state index < -0.39 is 0 Å². The van der Waals surface area contributed by atoms with E-state index in [0.29, 0.717) is 0 Å². The van der Waals surface area contributed by atoms with Crippen molar-refractivity contribution < 1.29 is 0 Å². The van der Waals surface area contributed by atoms with Crippen molar-refractivity contribution in [2.75, 3.05) is 12.3 Å². The standard InChI is InChI=1S/C20H31P/c1-16-8-6-10-18(16)14-21(20-12-4-3-5-13-20)15-19-11-7-9-17(19)2/h3-5,12-13,16-19H,6-11,14-15H2,1-2H3/t16?,17?,18-,19+,21?. The highest BCUT2D eigenvalue weighted by Gasteiger charge is 2.30. The normalized spacial score (nSPS) is 34.2. The fourth-order valence-electron chi connectivity index (χ4n) is 4.48. The van der Waals surface area contributed by atoms with Gasteiger partial charge in [0.1, 0.15) is 0 Å². The molecule has 0 saturated heterocycles. The second-order valence-electron chi connectivity index (χ2n) is 7.58. The molecule has 3 rings (SSSR count). The molecule has 0 spiro atoms. The number of hydrogen-bond donors (Lipinski definition) is 0. The van der Waals surface area contributed by atoms with Gasteiger partial charge in [0.2, 0.25) is 0 Å². The van der Waals surface area contributed by atoms with Crippen molar-refractivity contribution in [2.45, 2.75) is 52.4 Å². The van der Waals surface area contributed by atoms with Crippen molar-refractivity contribution in [1.82, 2.24) is 0 Å². The lowest BCUT2D eigenvalue weighted by Gasteiger charge is -2.28. The van der Waals surface area contributed by atoms with Crippen molar-refractivity contribution in [3.8, 4) is 0 Å². The third-order valence-corrected chi connectivity index (χ3v) is 8.96. The smallest absolute Gasteiger partial charge is 0.0240 e. The van der Waals surface area contributed by atoms with Crippen LogP contribution in [0.25, 0.3) is 0 Å². The van der Waals surface area contributed by atoms with E-state index in [0.717, 1.165) is 23.7 Å². The zero-order valence-corrected chi connectivity index (χ0v) is 14.7. The summed E-state index contributed by atoms with van der Waals surface area (Å²) < 4.78 is 0. The molecule has 0 aliphatic heterocycles. The monoisotopic (exact) mass is 302 g/mol. The minimum absolute atomic E-state index is 0.0689. The van der Waals surface area contributed by atoms with Crippen molar-refractivity contribution in [3.63, 3.8) is 0 Å². The molecule has 21 heavy (non-hydrogen) atoms. The summed E-state index contributed by atoms with van der Waals surface area (Å²) in [5.74, 6) is 3.96. The van der Waals surface area contributed by atoms with Crippen LogP contribution in [0.1, 0.15) is 52.4 Å². The maximum atomic E-state index is 2.49. The van der Waals surface area contributed by atoms with Gasteiger partial charge in [0, 0.05) is 0 Å². The average Bonchev–Trinajstić information content (AvgIpc) is 3.09. The topological polar surface area (TPSA) is 0 Å². The first-order valence-corrected chi connectivity index (χ1v) is 10.7. The first-order chi connectivity index (χ1) is 10.2. The molecule has 0 N–H and O–H groups in total. The van der Waals surface area contributed by atoms with E-state index in [-0.39, 0.29) is 7.92 Å². The Kier molecular flexibility index (Phi) is 5.38. The molecule has 0 radical (unpaired) electrons. The van der Waals surface area contributed by atoms with E-state index in [4.69, 9.17) is 0 Å². The summed E-state index contributed by atoms with van der Waals surface area (Å²) in [5.41, 5.74) is 0. The summed E-state index contributed by atoms with van der Waals surface area (Å²) in [6.45, 7) is 4.99. The second-order valence-corrected chi connectivity index (χ2v) is 9.90. The van der Waals surface area contributed by atoms with E-state index in [1.165, 1.54) is 50.8 Å². The molecule has 116 valence electrons. The van der Waals surface area contributed by atoms with E-state index in [1.54, 1.807) is 5.30 Å². The molecular formula is C20H31P. The predicted octanol–water partition coefficient (Wildman–Crippen LogP) is 5.67. The molecule has 0 aromatic heterocycles. The van der Waals surface area contributed by atoms with Crippen LogP contribution in [-0.4, -0.2) is 12.3 Å². The zero-order chi connectivity index (χ0) is 14.7. The van der Waals surface area contributed by atoms with Crippen LogP contribution in [0.3, 0.4) is 0 Å². The Bertz CT molecular complexity index is 405. The third-order valence-electron chi connectivity index (χ3n) is 6.11. The van der Waals surface area contributed by atoms with Crippen LogP contribution >= 0.6 is 7.92 Å². The Balaban J connectivity index is 1.71. The quantitative estimate of drug-likeness (QED) is 0.615. The lowest BCUT2D eigenvalue weighted by Crippen LogP contribution is -2.19. The highest BCUT2D eigenvalue weighted by Crippen LogP contribution is 2.48. The Morgan fingerprint density at radius 1 is 0.810 bits per heavy atom. The maximum absolute atomic E-state index is 2.49. The summed E-state index contributed by atoms with van der Waals surface area (Å²) in [6, 6.07) is 11.5. The summed E-state index contributed by atoms with van der Waals surface area (Å²) in [7, 11) is 0.0689. The van der Waals surface area contributed by atoms with Gasteiger partial charge in [-0.2, -0.15) is 0 Å². The van der Waals surface area contributed by atoms with E-state index in [1.807, 2.05) is 0 Å². The number of rotatable bonds is 5. The molecule has 2 aliphatic carbocycles. The van der Waals surface area contributed by atoms with Gasteiger partial charge in [-0.25, -0.2) is 0 Å². The van der Waals surface area contributed by atoms with Crippen molar-refractivity contribution in [3.05, 3.63) is 30.3 Å². The molecule has 2 aliphatic rings. The largest absolute Gasteiger partial charge is 0.0747 e. The van der Waals surface area contributed by atoms with E-state index in [9.17, 15) is 0 Å². The first kappa shape index (κ1) is 15.5. The highest BCUT2D eigenvalue weighted by atomic mass is 31.1. The van der Waals surface area contributed by atoms with Gasteiger partial charge >= 0.3 is 0 Å². The second kappa shape index (κ2) is 7.28. The van der Waals surface area contributed by atoms with Crippen LogP contribution in [0.2, 0.25) is 0 Å². The van der Waals surface area contributed by atoms with Crippen LogP contribution in [0.4, 0.5) is 0 Å². The summed E-state index contributed by atoms with van der Waals surface area (Å²) >= 11 is 0. The van der Waals surface area contributed by atoms with Gasteiger partial charge < -0.3 is 0 Å². The summed E-state index contributed by atoms with van der Waals surface area (Å²) in [4.78, 5) is 0. The lowest BCUT2D eigenvalue weighted by molar-refractivity contribution is 0.451. The van der Waals surface area contributed by atoms with Crippen LogP contribution in [-0.2, 0) is 0 Å². The third kappa shape index (κ3) is 3.89. The molecule has 1 aromatic rings. The van der Waals surface area contributed by atoms with E-state index in [2.05, 4.69) is 44.2 Å². The predicted molar refractivity (Wildman–Crippen MR) is 95.7 cm³/mol. The molecule has 1 aromatic carbocycles. The van der Waals surface area contributed by atoms with Gasteiger partial charge in [-0.3, -0.25) is 0 Å². The van der Waals surface area contributed by atoms with Crippen LogP contribution in [0, 0.1) is 23.7 Å². The average molecular weight is 302 g/mol. The molecule has 0 bridgehead atoms.